The fourth-order valence-corrected chi connectivity index (χ4v) is 2.10. The molecule has 0 amide bonds. The third-order valence-corrected chi connectivity index (χ3v) is 3.05. The van der Waals surface area contributed by atoms with Crippen LogP contribution in [0.15, 0.2) is 4.52 Å². The molecular formula is C11H19N3O. The normalized spacial score (nSPS) is 27.2. The molecule has 84 valence electrons. The molecule has 1 aromatic heterocycles. The van der Waals surface area contributed by atoms with Crippen LogP contribution in [-0.4, -0.2) is 10.1 Å². The van der Waals surface area contributed by atoms with Gasteiger partial charge in [0.2, 0.25) is 5.89 Å². The first-order valence-corrected chi connectivity index (χ1v) is 5.60. The van der Waals surface area contributed by atoms with Crippen molar-refractivity contribution in [3.05, 3.63) is 11.7 Å². The van der Waals surface area contributed by atoms with Gasteiger partial charge >= 0.3 is 0 Å². The third-order valence-electron chi connectivity index (χ3n) is 3.05. The molecule has 1 aliphatic rings. The van der Waals surface area contributed by atoms with Crippen molar-refractivity contribution in [2.45, 2.75) is 51.5 Å². The Morgan fingerprint density at radius 2 is 2.13 bits per heavy atom. The average Bonchev–Trinajstić information content (AvgIpc) is 2.69. The molecule has 2 N–H and O–H groups in total. The highest BCUT2D eigenvalue weighted by Gasteiger charge is 2.29. The lowest BCUT2D eigenvalue weighted by atomic mass is 10.1. The molecule has 0 aromatic carbocycles. The first kappa shape index (κ1) is 10.6. The van der Waals surface area contributed by atoms with E-state index in [4.69, 9.17) is 10.3 Å². The summed E-state index contributed by atoms with van der Waals surface area (Å²) in [6.07, 6.45) is 3.61. The van der Waals surface area contributed by atoms with E-state index in [0.717, 1.165) is 11.7 Å². The number of aromatic nitrogens is 2. The Hall–Kier alpha value is -0.900. The van der Waals surface area contributed by atoms with Crippen molar-refractivity contribution in [2.75, 3.05) is 0 Å². The smallest absolute Gasteiger partial charge is 0.246 e. The number of rotatable bonds is 2. The molecule has 1 heterocycles. The zero-order valence-electron chi connectivity index (χ0n) is 9.66. The second kappa shape index (κ2) is 3.59. The monoisotopic (exact) mass is 209 g/mol. The van der Waals surface area contributed by atoms with Gasteiger partial charge in [-0.05, 0) is 39.0 Å². The van der Waals surface area contributed by atoms with Crippen molar-refractivity contribution in [3.63, 3.8) is 0 Å². The van der Waals surface area contributed by atoms with Crippen molar-refractivity contribution < 1.29 is 4.52 Å². The maximum absolute atomic E-state index is 5.90. The summed E-state index contributed by atoms with van der Waals surface area (Å²) in [7, 11) is 0. The highest BCUT2D eigenvalue weighted by molar-refractivity contribution is 5.03. The van der Waals surface area contributed by atoms with Crippen LogP contribution in [-0.2, 0) is 5.54 Å². The van der Waals surface area contributed by atoms with Crippen LogP contribution in [0.4, 0.5) is 0 Å². The molecule has 4 heteroatoms. The van der Waals surface area contributed by atoms with Gasteiger partial charge in [0, 0.05) is 5.92 Å². The average molecular weight is 209 g/mol. The fourth-order valence-electron chi connectivity index (χ4n) is 2.10. The van der Waals surface area contributed by atoms with E-state index in [0.29, 0.717) is 11.8 Å². The van der Waals surface area contributed by atoms with Gasteiger partial charge < -0.3 is 10.3 Å². The Morgan fingerprint density at radius 1 is 1.40 bits per heavy atom. The molecule has 1 saturated carbocycles. The topological polar surface area (TPSA) is 64.9 Å². The largest absolute Gasteiger partial charge is 0.337 e. The van der Waals surface area contributed by atoms with Gasteiger partial charge in [0.25, 0.3) is 0 Å². The van der Waals surface area contributed by atoms with Crippen molar-refractivity contribution in [3.8, 4) is 0 Å². The summed E-state index contributed by atoms with van der Waals surface area (Å²) in [5.41, 5.74) is 5.37. The van der Waals surface area contributed by atoms with E-state index in [1.807, 2.05) is 13.8 Å². The second-order valence-corrected chi connectivity index (χ2v) is 5.29. The minimum Gasteiger partial charge on any atom is -0.337 e. The summed E-state index contributed by atoms with van der Waals surface area (Å²) < 4.78 is 5.19. The minimum absolute atomic E-state index is 0.472. The van der Waals surface area contributed by atoms with Crippen LogP contribution in [0, 0.1) is 5.92 Å². The Bertz CT molecular complexity index is 340. The van der Waals surface area contributed by atoms with Gasteiger partial charge in [-0.25, -0.2) is 0 Å². The summed E-state index contributed by atoms with van der Waals surface area (Å²) in [6.45, 7) is 6.02. The lowest BCUT2D eigenvalue weighted by Crippen LogP contribution is -2.29. The maximum atomic E-state index is 5.90. The molecule has 0 aliphatic heterocycles. The van der Waals surface area contributed by atoms with E-state index in [1.165, 1.54) is 19.3 Å². The predicted octanol–water partition coefficient (Wildman–Crippen LogP) is 2.17. The molecule has 1 aromatic rings. The van der Waals surface area contributed by atoms with E-state index in [1.54, 1.807) is 0 Å². The molecule has 2 rings (SSSR count). The number of hydrogen-bond acceptors (Lipinski definition) is 4. The molecule has 0 saturated heterocycles. The molecule has 1 aliphatic carbocycles. The van der Waals surface area contributed by atoms with Gasteiger partial charge in [0.05, 0.1) is 5.54 Å². The minimum atomic E-state index is -0.532. The van der Waals surface area contributed by atoms with Crippen LogP contribution in [0.2, 0.25) is 0 Å². The van der Waals surface area contributed by atoms with Crippen LogP contribution < -0.4 is 5.73 Å². The zero-order chi connectivity index (χ0) is 11.1. The molecule has 2 atom stereocenters. The van der Waals surface area contributed by atoms with Crippen LogP contribution in [0.25, 0.3) is 0 Å². The number of nitrogens with two attached hydrogens (primary N) is 1. The summed E-state index contributed by atoms with van der Waals surface area (Å²) in [4.78, 5) is 4.40. The molecule has 4 nitrogen and oxygen atoms in total. The highest BCUT2D eigenvalue weighted by atomic mass is 16.5. The van der Waals surface area contributed by atoms with Gasteiger partial charge in [-0.15, -0.1) is 0 Å². The molecular weight excluding hydrogens is 190 g/mol. The Kier molecular flexibility index (Phi) is 2.54. The summed E-state index contributed by atoms with van der Waals surface area (Å²) in [5.74, 6) is 2.63. The summed E-state index contributed by atoms with van der Waals surface area (Å²) >= 11 is 0. The quantitative estimate of drug-likeness (QED) is 0.810. The van der Waals surface area contributed by atoms with Crippen LogP contribution >= 0.6 is 0 Å². The Labute approximate surface area is 90.2 Å². The van der Waals surface area contributed by atoms with E-state index in [-0.39, 0.29) is 0 Å². The molecule has 0 bridgehead atoms. The molecule has 2 unspecified atom stereocenters. The standard InChI is InChI=1S/C11H19N3O/c1-7-4-5-8(6-7)9-13-10(15-14-9)11(2,3)12/h7-8H,4-6,12H2,1-3H3. The van der Waals surface area contributed by atoms with Crippen molar-refractivity contribution >= 4 is 0 Å². The van der Waals surface area contributed by atoms with Gasteiger partial charge in [-0.3, -0.25) is 0 Å². The van der Waals surface area contributed by atoms with Crippen molar-refractivity contribution in [1.82, 2.24) is 10.1 Å². The van der Waals surface area contributed by atoms with E-state index < -0.39 is 5.54 Å². The summed E-state index contributed by atoms with van der Waals surface area (Å²) in [6, 6.07) is 0. The first-order chi connectivity index (χ1) is 6.97. The Morgan fingerprint density at radius 3 is 2.60 bits per heavy atom. The van der Waals surface area contributed by atoms with Crippen molar-refractivity contribution in [2.24, 2.45) is 11.7 Å². The molecule has 0 radical (unpaired) electrons. The molecule has 15 heavy (non-hydrogen) atoms. The maximum Gasteiger partial charge on any atom is 0.246 e. The lowest BCUT2D eigenvalue weighted by Gasteiger charge is -2.11. The predicted molar refractivity (Wildman–Crippen MR) is 57.3 cm³/mol. The lowest BCUT2D eigenvalue weighted by molar-refractivity contribution is 0.308. The SMILES string of the molecule is CC1CCC(c2noc(C(C)(C)N)n2)C1. The van der Waals surface area contributed by atoms with Crippen molar-refractivity contribution in [1.29, 1.82) is 0 Å². The first-order valence-electron chi connectivity index (χ1n) is 5.60. The highest BCUT2D eigenvalue weighted by Crippen LogP contribution is 2.36. The third kappa shape index (κ3) is 2.20. The van der Waals surface area contributed by atoms with E-state index in [9.17, 15) is 0 Å². The van der Waals surface area contributed by atoms with Crippen LogP contribution in [0.5, 0.6) is 0 Å². The van der Waals surface area contributed by atoms with Crippen LogP contribution in [0.1, 0.15) is 57.7 Å². The second-order valence-electron chi connectivity index (χ2n) is 5.29. The number of hydrogen-bond donors (Lipinski definition) is 1. The van der Waals surface area contributed by atoms with Gasteiger partial charge in [-0.1, -0.05) is 12.1 Å². The molecule has 0 spiro atoms. The Balaban J connectivity index is 2.14. The van der Waals surface area contributed by atoms with Gasteiger partial charge in [0.1, 0.15) is 0 Å². The van der Waals surface area contributed by atoms with E-state index in [2.05, 4.69) is 17.1 Å². The molecule has 1 fully saturated rings. The van der Waals surface area contributed by atoms with Crippen LogP contribution in [0.3, 0.4) is 0 Å². The number of nitrogens with zero attached hydrogens (tertiary/aromatic N) is 2. The van der Waals surface area contributed by atoms with Gasteiger partial charge in [0.15, 0.2) is 5.82 Å². The van der Waals surface area contributed by atoms with Gasteiger partial charge in [-0.2, -0.15) is 4.98 Å². The van der Waals surface area contributed by atoms with E-state index >= 15 is 0 Å². The fraction of sp³-hybridized carbons (Fsp3) is 0.818. The summed E-state index contributed by atoms with van der Waals surface area (Å²) in [5, 5.41) is 4.03. The zero-order valence-corrected chi connectivity index (χ0v) is 9.66.